The lowest BCUT2D eigenvalue weighted by atomic mass is 9.95. The van der Waals surface area contributed by atoms with Crippen LogP contribution >= 0.6 is 0 Å². The van der Waals surface area contributed by atoms with Gasteiger partial charge in [-0.2, -0.15) is 0 Å². The monoisotopic (exact) mass is 532 g/mol. The molecule has 1 saturated carbocycles. The first kappa shape index (κ1) is 28.7. The summed E-state index contributed by atoms with van der Waals surface area (Å²) in [6.45, 7) is 8.57. The van der Waals surface area contributed by atoms with Crippen LogP contribution in [-0.2, 0) is 25.2 Å². The van der Waals surface area contributed by atoms with E-state index in [0.717, 1.165) is 25.7 Å². The summed E-state index contributed by atoms with van der Waals surface area (Å²) in [7, 11) is -0.847. The van der Waals surface area contributed by atoms with Crippen molar-refractivity contribution >= 4 is 18.7 Å². The molecule has 0 amide bonds. The van der Waals surface area contributed by atoms with E-state index in [4.69, 9.17) is 18.6 Å². The number of rotatable bonds is 12. The maximum atomic E-state index is 7.08. The van der Waals surface area contributed by atoms with Crippen LogP contribution in [0, 0.1) is 0 Å². The van der Waals surface area contributed by atoms with E-state index in [-0.39, 0.29) is 23.4 Å². The Morgan fingerprint density at radius 1 is 0.737 bits per heavy atom. The van der Waals surface area contributed by atoms with Gasteiger partial charge in [-0.15, -0.1) is 0 Å². The van der Waals surface area contributed by atoms with Gasteiger partial charge in [-0.3, -0.25) is 0 Å². The fourth-order valence-electron chi connectivity index (χ4n) is 5.60. The maximum absolute atomic E-state index is 7.08. The van der Waals surface area contributed by atoms with Crippen molar-refractivity contribution in [2.24, 2.45) is 0 Å². The van der Waals surface area contributed by atoms with Crippen LogP contribution in [0.3, 0.4) is 0 Å². The summed E-state index contributed by atoms with van der Waals surface area (Å²) in [6.07, 6.45) is 4.51. The van der Waals surface area contributed by atoms with Crippen molar-refractivity contribution in [1.29, 1.82) is 0 Å². The summed E-state index contributed by atoms with van der Waals surface area (Å²) >= 11 is 0. The standard InChI is InChI=1S/C33H44O4Si/c1-33(2,3)38(31-19-10-6-11-20-31,32-21-12-7-13-22-32)37-26-30(34-4)25-36-29-18-14-17-28(23-29)35-24-27-15-8-5-9-16-27/h5-13,15-16,19-22,28-30H,14,17-18,23-26H2,1-4H3/t28?,29?,30-/m1/s1. The lowest BCUT2D eigenvalue weighted by Gasteiger charge is -2.43. The molecule has 0 aromatic heterocycles. The van der Waals surface area contributed by atoms with Gasteiger partial charge in [0.05, 0.1) is 32.0 Å². The zero-order valence-electron chi connectivity index (χ0n) is 23.5. The van der Waals surface area contributed by atoms with Gasteiger partial charge in [0.25, 0.3) is 8.32 Å². The molecule has 4 rings (SSSR count). The van der Waals surface area contributed by atoms with Crippen molar-refractivity contribution in [2.45, 2.75) is 76.4 Å². The highest BCUT2D eigenvalue weighted by Crippen LogP contribution is 2.37. The zero-order valence-corrected chi connectivity index (χ0v) is 24.5. The van der Waals surface area contributed by atoms with Crippen molar-refractivity contribution in [1.82, 2.24) is 0 Å². The number of methoxy groups -OCH3 is 1. The Morgan fingerprint density at radius 2 is 1.26 bits per heavy atom. The molecule has 1 fully saturated rings. The average Bonchev–Trinajstić information content (AvgIpc) is 2.95. The van der Waals surface area contributed by atoms with Crippen LogP contribution in [0.25, 0.3) is 0 Å². The van der Waals surface area contributed by atoms with E-state index in [0.29, 0.717) is 19.8 Å². The van der Waals surface area contributed by atoms with E-state index < -0.39 is 8.32 Å². The summed E-state index contributed by atoms with van der Waals surface area (Å²) in [4.78, 5) is 0. The van der Waals surface area contributed by atoms with Gasteiger partial charge in [0.15, 0.2) is 0 Å². The summed E-state index contributed by atoms with van der Waals surface area (Å²) in [5.41, 5.74) is 1.22. The highest BCUT2D eigenvalue weighted by atomic mass is 28.4. The van der Waals surface area contributed by atoms with Gasteiger partial charge in [0.2, 0.25) is 0 Å². The van der Waals surface area contributed by atoms with Gasteiger partial charge >= 0.3 is 0 Å². The van der Waals surface area contributed by atoms with E-state index >= 15 is 0 Å². The topological polar surface area (TPSA) is 36.9 Å². The predicted molar refractivity (Wildman–Crippen MR) is 158 cm³/mol. The highest BCUT2D eigenvalue weighted by molar-refractivity contribution is 6.99. The SMILES string of the molecule is CO[C@H](COC1CCCC(OCc2ccccc2)C1)CO[Si](c1ccccc1)(c1ccccc1)C(C)(C)C. The Balaban J connectivity index is 1.39. The number of ether oxygens (including phenoxy) is 3. The van der Waals surface area contributed by atoms with Crippen LogP contribution < -0.4 is 10.4 Å². The molecule has 2 unspecified atom stereocenters. The fraction of sp³-hybridized carbons (Fsp3) is 0.455. The first-order chi connectivity index (χ1) is 18.4. The zero-order chi connectivity index (χ0) is 26.8. The van der Waals surface area contributed by atoms with E-state index in [1.54, 1.807) is 7.11 Å². The molecular weight excluding hydrogens is 488 g/mol. The summed E-state index contributed by atoms with van der Waals surface area (Å²) in [5.74, 6) is 0. The van der Waals surface area contributed by atoms with Crippen molar-refractivity contribution < 1.29 is 18.6 Å². The molecule has 1 aliphatic rings. The van der Waals surface area contributed by atoms with Crippen molar-refractivity contribution in [3.05, 3.63) is 96.6 Å². The molecule has 4 nitrogen and oxygen atoms in total. The third kappa shape index (κ3) is 7.22. The molecule has 0 saturated heterocycles. The first-order valence-corrected chi connectivity index (χ1v) is 15.9. The van der Waals surface area contributed by atoms with Gasteiger partial charge in [-0.1, -0.05) is 112 Å². The molecule has 1 aliphatic carbocycles. The van der Waals surface area contributed by atoms with Gasteiger partial charge in [0, 0.05) is 7.11 Å². The van der Waals surface area contributed by atoms with Crippen LogP contribution in [0.2, 0.25) is 5.04 Å². The Morgan fingerprint density at radius 3 is 1.79 bits per heavy atom. The lowest BCUT2D eigenvalue weighted by Crippen LogP contribution is -2.67. The van der Waals surface area contributed by atoms with Crippen molar-refractivity contribution in [3.8, 4) is 0 Å². The predicted octanol–water partition coefficient (Wildman–Crippen LogP) is 6.12. The fourth-order valence-corrected chi connectivity index (χ4v) is 10.2. The van der Waals surface area contributed by atoms with Crippen LogP contribution in [-0.4, -0.2) is 47.0 Å². The maximum Gasteiger partial charge on any atom is 0.261 e. The Kier molecular flexibility index (Phi) is 10.3. The molecule has 0 N–H and O–H groups in total. The van der Waals surface area contributed by atoms with E-state index in [1.807, 2.05) is 6.07 Å². The Bertz CT molecular complexity index is 1030. The van der Waals surface area contributed by atoms with Crippen molar-refractivity contribution in [3.63, 3.8) is 0 Å². The summed E-state index contributed by atoms with van der Waals surface area (Å²) in [5, 5.41) is 2.49. The third-order valence-electron chi connectivity index (χ3n) is 7.66. The Labute approximate surface area is 230 Å². The number of hydrogen-bond donors (Lipinski definition) is 0. The minimum absolute atomic E-state index is 0.0679. The molecule has 0 aliphatic heterocycles. The van der Waals surface area contributed by atoms with E-state index in [9.17, 15) is 0 Å². The summed E-state index contributed by atoms with van der Waals surface area (Å²) in [6, 6.07) is 31.9. The lowest BCUT2D eigenvalue weighted by molar-refractivity contribution is -0.0826. The number of benzene rings is 3. The molecule has 0 radical (unpaired) electrons. The molecule has 3 aromatic rings. The molecule has 204 valence electrons. The third-order valence-corrected chi connectivity index (χ3v) is 12.7. The smallest absolute Gasteiger partial charge is 0.261 e. The minimum Gasteiger partial charge on any atom is -0.405 e. The van der Waals surface area contributed by atoms with Gasteiger partial charge in [0.1, 0.15) is 6.10 Å². The largest absolute Gasteiger partial charge is 0.405 e. The van der Waals surface area contributed by atoms with Crippen molar-refractivity contribution in [2.75, 3.05) is 20.3 Å². The average molecular weight is 533 g/mol. The molecule has 3 aromatic carbocycles. The molecule has 3 atom stereocenters. The van der Waals surface area contributed by atoms with Crippen LogP contribution in [0.4, 0.5) is 0 Å². The molecule has 0 heterocycles. The van der Waals surface area contributed by atoms with Gasteiger partial charge in [-0.25, -0.2) is 0 Å². The molecule has 38 heavy (non-hydrogen) atoms. The summed E-state index contributed by atoms with van der Waals surface area (Å²) < 4.78 is 25.6. The molecule has 5 heteroatoms. The van der Waals surface area contributed by atoms with Gasteiger partial charge < -0.3 is 18.6 Å². The second kappa shape index (κ2) is 13.7. The van der Waals surface area contributed by atoms with Crippen LogP contribution in [0.15, 0.2) is 91.0 Å². The molecule has 0 bridgehead atoms. The van der Waals surface area contributed by atoms with Crippen LogP contribution in [0.5, 0.6) is 0 Å². The van der Waals surface area contributed by atoms with E-state index in [1.165, 1.54) is 15.9 Å². The van der Waals surface area contributed by atoms with E-state index in [2.05, 4.69) is 106 Å². The Hall–Kier alpha value is -2.28. The minimum atomic E-state index is -2.61. The second-order valence-corrected chi connectivity index (χ2v) is 15.7. The second-order valence-electron chi connectivity index (χ2n) is 11.4. The molecule has 0 spiro atoms. The molecular formula is C33H44O4Si. The van der Waals surface area contributed by atoms with Crippen LogP contribution in [0.1, 0.15) is 52.0 Å². The normalized spacial score (nSPS) is 19.3. The quantitative estimate of drug-likeness (QED) is 0.263. The highest BCUT2D eigenvalue weighted by Gasteiger charge is 2.50. The van der Waals surface area contributed by atoms with Gasteiger partial charge in [-0.05, 0) is 46.7 Å². The number of hydrogen-bond acceptors (Lipinski definition) is 4. The first-order valence-electron chi connectivity index (χ1n) is 14.0.